The fourth-order valence-corrected chi connectivity index (χ4v) is 2.60. The van der Waals surface area contributed by atoms with Gasteiger partial charge in [-0.25, -0.2) is 0 Å². The van der Waals surface area contributed by atoms with Gasteiger partial charge in [0, 0.05) is 31.9 Å². The van der Waals surface area contributed by atoms with E-state index in [2.05, 4.69) is 55.0 Å². The van der Waals surface area contributed by atoms with E-state index < -0.39 is 0 Å². The highest BCUT2D eigenvalue weighted by atomic mass is 15.3. The maximum absolute atomic E-state index is 5.90. The number of nitrogens with two attached hydrogens (primary N) is 1. The molecule has 1 fully saturated rings. The Bertz CT molecular complexity index is 372. The molecule has 0 saturated carbocycles. The Morgan fingerprint density at radius 2 is 1.89 bits per heavy atom. The molecule has 0 aromatic heterocycles. The first-order valence-electron chi connectivity index (χ1n) is 6.87. The van der Waals surface area contributed by atoms with Crippen LogP contribution in [-0.4, -0.2) is 44.2 Å². The van der Waals surface area contributed by atoms with Crippen molar-refractivity contribution in [2.75, 3.05) is 38.1 Å². The van der Waals surface area contributed by atoms with Gasteiger partial charge in [0.25, 0.3) is 0 Å². The molecule has 1 aliphatic heterocycles. The van der Waals surface area contributed by atoms with Crippen LogP contribution >= 0.6 is 0 Å². The number of nitrogens with zero attached hydrogens (tertiary/aromatic N) is 2. The Morgan fingerprint density at radius 1 is 1.22 bits per heavy atom. The summed E-state index contributed by atoms with van der Waals surface area (Å²) in [4.78, 5) is 4.81. The molecule has 0 spiro atoms. The van der Waals surface area contributed by atoms with Gasteiger partial charge in [0.1, 0.15) is 0 Å². The Hall–Kier alpha value is -1.06. The van der Waals surface area contributed by atoms with E-state index in [0.29, 0.717) is 12.0 Å². The molecule has 2 N–H and O–H groups in total. The van der Waals surface area contributed by atoms with Crippen LogP contribution in [0, 0.1) is 0 Å². The predicted octanol–water partition coefficient (Wildman–Crippen LogP) is 1.89. The molecule has 1 aromatic carbocycles. The smallest absolute Gasteiger partial charge is 0.0539 e. The summed E-state index contributed by atoms with van der Waals surface area (Å²) in [6.45, 7) is 8.42. The topological polar surface area (TPSA) is 32.5 Å². The van der Waals surface area contributed by atoms with E-state index in [4.69, 9.17) is 5.73 Å². The van der Waals surface area contributed by atoms with Gasteiger partial charge in [-0.3, -0.25) is 0 Å². The summed E-state index contributed by atoms with van der Waals surface area (Å²) in [6, 6.07) is 9.40. The molecule has 1 unspecified atom stereocenters. The first-order valence-corrected chi connectivity index (χ1v) is 6.87. The number of benzene rings is 1. The number of hydrogen-bond acceptors (Lipinski definition) is 3. The molecular formula is C15H25N3. The molecule has 0 aliphatic carbocycles. The summed E-state index contributed by atoms with van der Waals surface area (Å²) in [7, 11) is 2.17. The van der Waals surface area contributed by atoms with Gasteiger partial charge in [0.15, 0.2) is 0 Å². The Kier molecular flexibility index (Phi) is 4.25. The number of piperazine rings is 1. The molecule has 18 heavy (non-hydrogen) atoms. The number of likely N-dealkylation sites (N-methyl/N-ethyl adjacent to an activating group) is 1. The molecule has 1 aliphatic rings. The highest BCUT2D eigenvalue weighted by molar-refractivity contribution is 5.49. The van der Waals surface area contributed by atoms with Gasteiger partial charge in [0.2, 0.25) is 0 Å². The summed E-state index contributed by atoms with van der Waals surface area (Å²) >= 11 is 0. The maximum atomic E-state index is 5.90. The Balaban J connectivity index is 2.14. The van der Waals surface area contributed by atoms with Crippen molar-refractivity contribution in [3.8, 4) is 0 Å². The van der Waals surface area contributed by atoms with Crippen LogP contribution in [0.25, 0.3) is 0 Å². The first-order chi connectivity index (χ1) is 8.61. The van der Waals surface area contributed by atoms with Crippen LogP contribution in [0.15, 0.2) is 24.3 Å². The first kappa shape index (κ1) is 13.4. The molecule has 3 heteroatoms. The number of hydrogen-bond donors (Lipinski definition) is 1. The van der Waals surface area contributed by atoms with Crippen molar-refractivity contribution in [1.29, 1.82) is 0 Å². The largest absolute Gasteiger partial charge is 0.365 e. The minimum absolute atomic E-state index is 0.439. The molecule has 0 bridgehead atoms. The molecule has 0 radical (unpaired) electrons. The molecule has 1 heterocycles. The number of anilines is 1. The van der Waals surface area contributed by atoms with Crippen LogP contribution in [-0.2, 0) is 0 Å². The van der Waals surface area contributed by atoms with E-state index in [1.165, 1.54) is 11.3 Å². The second-order valence-electron chi connectivity index (χ2n) is 5.59. The van der Waals surface area contributed by atoms with E-state index >= 15 is 0 Å². The fraction of sp³-hybridized carbons (Fsp3) is 0.600. The Labute approximate surface area is 111 Å². The minimum Gasteiger partial charge on any atom is -0.365 e. The second kappa shape index (κ2) is 5.72. The normalized spacial score (nSPS) is 21.6. The monoisotopic (exact) mass is 247 g/mol. The zero-order chi connectivity index (χ0) is 13.1. The van der Waals surface area contributed by atoms with Crippen molar-refractivity contribution < 1.29 is 0 Å². The lowest BCUT2D eigenvalue weighted by molar-refractivity contribution is 0.270. The third-order valence-corrected chi connectivity index (χ3v) is 3.85. The highest BCUT2D eigenvalue weighted by Gasteiger charge is 2.24. The van der Waals surface area contributed by atoms with Crippen molar-refractivity contribution in [1.82, 2.24) is 4.90 Å². The van der Waals surface area contributed by atoms with E-state index in [0.717, 1.165) is 26.2 Å². The van der Waals surface area contributed by atoms with Crippen LogP contribution in [0.2, 0.25) is 0 Å². The summed E-state index contributed by atoms with van der Waals surface area (Å²) in [5, 5.41) is 0. The summed E-state index contributed by atoms with van der Waals surface area (Å²) in [5.74, 6) is 0.594. The second-order valence-corrected chi connectivity index (χ2v) is 5.59. The van der Waals surface area contributed by atoms with Crippen molar-refractivity contribution in [2.24, 2.45) is 5.73 Å². The van der Waals surface area contributed by atoms with Gasteiger partial charge in [-0.2, -0.15) is 0 Å². The van der Waals surface area contributed by atoms with Crippen LogP contribution in [0.1, 0.15) is 25.3 Å². The fourth-order valence-electron chi connectivity index (χ4n) is 2.60. The van der Waals surface area contributed by atoms with E-state index in [1.54, 1.807) is 0 Å². The molecule has 1 saturated heterocycles. The summed E-state index contributed by atoms with van der Waals surface area (Å²) in [6.07, 6.45) is 0. The summed E-state index contributed by atoms with van der Waals surface area (Å²) in [5.41, 5.74) is 8.61. The lowest BCUT2D eigenvalue weighted by atomic mass is 10.0. The predicted molar refractivity (Wildman–Crippen MR) is 78.2 cm³/mol. The van der Waals surface area contributed by atoms with E-state index in [1.807, 2.05) is 0 Å². The van der Waals surface area contributed by atoms with Crippen molar-refractivity contribution >= 4 is 5.69 Å². The van der Waals surface area contributed by atoms with Gasteiger partial charge >= 0.3 is 0 Å². The third kappa shape index (κ3) is 2.85. The SMILES string of the molecule is CC(C)c1ccc(N2CCN(C)CC2CN)cc1. The molecule has 100 valence electrons. The molecule has 1 atom stereocenters. The molecular weight excluding hydrogens is 222 g/mol. The van der Waals surface area contributed by atoms with Gasteiger partial charge in [-0.15, -0.1) is 0 Å². The molecule has 1 aromatic rings. The van der Waals surface area contributed by atoms with Crippen molar-refractivity contribution in [3.05, 3.63) is 29.8 Å². The highest BCUT2D eigenvalue weighted by Crippen LogP contribution is 2.23. The van der Waals surface area contributed by atoms with Gasteiger partial charge in [-0.1, -0.05) is 26.0 Å². The molecule has 0 amide bonds. The molecule has 2 rings (SSSR count). The Morgan fingerprint density at radius 3 is 2.44 bits per heavy atom. The van der Waals surface area contributed by atoms with Gasteiger partial charge < -0.3 is 15.5 Å². The lowest BCUT2D eigenvalue weighted by Gasteiger charge is -2.41. The van der Waals surface area contributed by atoms with Crippen LogP contribution in [0.4, 0.5) is 5.69 Å². The maximum Gasteiger partial charge on any atom is 0.0539 e. The average Bonchev–Trinajstić information content (AvgIpc) is 2.38. The zero-order valence-corrected chi connectivity index (χ0v) is 11.8. The zero-order valence-electron chi connectivity index (χ0n) is 11.8. The lowest BCUT2D eigenvalue weighted by Crippen LogP contribution is -2.55. The standard InChI is InChI=1S/C15H25N3/c1-12(2)13-4-6-14(7-5-13)18-9-8-17(3)11-15(18)10-16/h4-7,12,15H,8-11,16H2,1-3H3. The van der Waals surface area contributed by atoms with Crippen LogP contribution < -0.4 is 10.6 Å². The average molecular weight is 247 g/mol. The van der Waals surface area contributed by atoms with Gasteiger partial charge in [0.05, 0.1) is 6.04 Å². The van der Waals surface area contributed by atoms with Crippen LogP contribution in [0.3, 0.4) is 0 Å². The van der Waals surface area contributed by atoms with E-state index in [9.17, 15) is 0 Å². The number of rotatable bonds is 3. The van der Waals surface area contributed by atoms with Crippen LogP contribution in [0.5, 0.6) is 0 Å². The van der Waals surface area contributed by atoms with Crippen molar-refractivity contribution in [2.45, 2.75) is 25.8 Å². The summed E-state index contributed by atoms with van der Waals surface area (Å²) < 4.78 is 0. The molecule has 3 nitrogen and oxygen atoms in total. The van der Waals surface area contributed by atoms with E-state index in [-0.39, 0.29) is 0 Å². The van der Waals surface area contributed by atoms with Gasteiger partial charge in [-0.05, 0) is 30.7 Å². The minimum atomic E-state index is 0.439. The van der Waals surface area contributed by atoms with Crippen molar-refractivity contribution in [3.63, 3.8) is 0 Å². The quantitative estimate of drug-likeness (QED) is 0.885. The third-order valence-electron chi connectivity index (χ3n) is 3.85.